The van der Waals surface area contributed by atoms with Crippen LogP contribution in [0.4, 0.5) is 4.79 Å². The summed E-state index contributed by atoms with van der Waals surface area (Å²) >= 11 is 0. The molecule has 0 radical (unpaired) electrons. The Morgan fingerprint density at radius 2 is 0.500 bits per heavy atom. The average Bonchev–Trinajstić information content (AvgIpc) is 2.99. The van der Waals surface area contributed by atoms with Crippen LogP contribution < -0.4 is 5.73 Å². The molecule has 0 heterocycles. The first-order valence-electron chi connectivity index (χ1n) is 19.8. The number of hydrogen-bond acceptors (Lipinski definition) is 1. The van der Waals surface area contributed by atoms with Gasteiger partial charge in [0.05, 0.1) is 0 Å². The topological polar surface area (TPSA) is 46.3 Å². The number of nitrogens with two attached hydrogens (primary N) is 1. The van der Waals surface area contributed by atoms with Crippen molar-refractivity contribution < 1.29 is 4.79 Å². The highest BCUT2D eigenvalue weighted by atomic mass is 16.2. The summed E-state index contributed by atoms with van der Waals surface area (Å²) < 4.78 is 0. The van der Waals surface area contributed by atoms with Crippen LogP contribution in [-0.2, 0) is 0 Å². The molecule has 42 heavy (non-hydrogen) atoms. The highest BCUT2D eigenvalue weighted by molar-refractivity contribution is 5.71. The Kier molecular flexibility index (Phi) is 35.8. The Bertz CT molecular complexity index is 471. The van der Waals surface area contributed by atoms with E-state index in [1.54, 1.807) is 0 Å². The molecule has 0 aliphatic rings. The molecular weight excluding hydrogens is 512 g/mol. The van der Waals surface area contributed by atoms with E-state index in [0.29, 0.717) is 0 Å². The van der Waals surface area contributed by atoms with Crippen molar-refractivity contribution in [1.29, 1.82) is 0 Å². The number of unbranched alkanes of at least 4 members (excludes halogenated alkanes) is 32. The molecule has 0 rings (SSSR count). The van der Waals surface area contributed by atoms with Crippen LogP contribution in [0.1, 0.15) is 232 Å². The van der Waals surface area contributed by atoms with Gasteiger partial charge in [-0.1, -0.05) is 219 Å². The summed E-state index contributed by atoms with van der Waals surface area (Å²) in [6.07, 6.45) is 47.2. The van der Waals surface area contributed by atoms with Crippen molar-refractivity contribution in [3.05, 3.63) is 0 Å². The maximum Gasteiger partial charge on any atom is 0.314 e. The highest BCUT2D eigenvalue weighted by Gasteiger charge is 2.08. The van der Waals surface area contributed by atoms with Crippen LogP contribution in [0.15, 0.2) is 0 Å². The molecule has 0 aromatic rings. The summed E-state index contributed by atoms with van der Waals surface area (Å²) in [4.78, 5) is 13.8. The SMILES string of the molecule is CCCCCCCCCCCCCCCCCCCN(CCCCCCCCCCCCCCCCCCC)C(N)=O. The summed E-state index contributed by atoms with van der Waals surface area (Å²) in [5.41, 5.74) is 5.67. The fourth-order valence-corrected chi connectivity index (χ4v) is 6.39. The van der Waals surface area contributed by atoms with Crippen molar-refractivity contribution in [3.63, 3.8) is 0 Å². The van der Waals surface area contributed by atoms with Crippen LogP contribution in [-0.4, -0.2) is 24.0 Å². The molecule has 0 aromatic heterocycles. The molecule has 0 aliphatic carbocycles. The Labute approximate surface area is 266 Å². The first-order chi connectivity index (χ1) is 20.7. The lowest BCUT2D eigenvalue weighted by molar-refractivity contribution is 0.204. The molecule has 2 amide bonds. The van der Waals surface area contributed by atoms with Gasteiger partial charge >= 0.3 is 6.03 Å². The Hall–Kier alpha value is -0.730. The molecule has 3 nitrogen and oxygen atoms in total. The van der Waals surface area contributed by atoms with Gasteiger partial charge in [-0.2, -0.15) is 0 Å². The minimum absolute atomic E-state index is 0.219. The third kappa shape index (κ3) is 33.8. The Morgan fingerprint density at radius 1 is 0.333 bits per heavy atom. The average molecular weight is 593 g/mol. The number of rotatable bonds is 36. The quantitative estimate of drug-likeness (QED) is 0.0722. The monoisotopic (exact) mass is 593 g/mol. The van der Waals surface area contributed by atoms with Gasteiger partial charge in [0.2, 0.25) is 0 Å². The number of carbonyl (C=O) groups is 1. The van der Waals surface area contributed by atoms with Crippen LogP contribution in [0.3, 0.4) is 0 Å². The van der Waals surface area contributed by atoms with Gasteiger partial charge in [0, 0.05) is 13.1 Å². The number of hydrogen-bond donors (Lipinski definition) is 1. The first-order valence-corrected chi connectivity index (χ1v) is 19.8. The zero-order valence-electron chi connectivity index (χ0n) is 29.4. The Morgan fingerprint density at radius 3 is 0.667 bits per heavy atom. The van der Waals surface area contributed by atoms with Crippen molar-refractivity contribution in [2.24, 2.45) is 5.73 Å². The third-order valence-corrected chi connectivity index (χ3v) is 9.37. The lowest BCUT2D eigenvalue weighted by Gasteiger charge is -2.20. The molecular formula is C39H80N2O. The number of amides is 2. The normalized spacial score (nSPS) is 11.4. The van der Waals surface area contributed by atoms with E-state index in [4.69, 9.17) is 5.73 Å². The molecule has 0 saturated carbocycles. The van der Waals surface area contributed by atoms with E-state index in [0.717, 1.165) is 25.9 Å². The van der Waals surface area contributed by atoms with E-state index in [2.05, 4.69) is 13.8 Å². The molecule has 0 aliphatic heterocycles. The Balaban J connectivity index is 3.36. The van der Waals surface area contributed by atoms with Gasteiger partial charge in [-0.25, -0.2) is 4.79 Å². The van der Waals surface area contributed by atoms with E-state index >= 15 is 0 Å². The van der Waals surface area contributed by atoms with Gasteiger partial charge < -0.3 is 10.6 Å². The van der Waals surface area contributed by atoms with Crippen molar-refractivity contribution >= 4 is 6.03 Å². The smallest absolute Gasteiger partial charge is 0.314 e. The second-order valence-electron chi connectivity index (χ2n) is 13.6. The van der Waals surface area contributed by atoms with Crippen molar-refractivity contribution in [2.75, 3.05) is 13.1 Å². The van der Waals surface area contributed by atoms with Gasteiger partial charge in [-0.15, -0.1) is 0 Å². The number of urea groups is 1. The third-order valence-electron chi connectivity index (χ3n) is 9.37. The molecule has 0 spiro atoms. The second kappa shape index (κ2) is 36.5. The minimum Gasteiger partial charge on any atom is -0.351 e. The fraction of sp³-hybridized carbons (Fsp3) is 0.974. The van der Waals surface area contributed by atoms with E-state index in [9.17, 15) is 4.79 Å². The molecule has 0 unspecified atom stereocenters. The van der Waals surface area contributed by atoms with Gasteiger partial charge in [0.1, 0.15) is 0 Å². The van der Waals surface area contributed by atoms with Crippen LogP contribution in [0, 0.1) is 0 Å². The summed E-state index contributed by atoms with van der Waals surface area (Å²) in [6, 6.07) is -0.219. The van der Waals surface area contributed by atoms with E-state index in [1.807, 2.05) is 4.90 Å². The minimum atomic E-state index is -0.219. The van der Waals surface area contributed by atoms with Gasteiger partial charge in [-0.3, -0.25) is 0 Å². The summed E-state index contributed by atoms with van der Waals surface area (Å²) in [5, 5.41) is 0. The molecule has 0 bridgehead atoms. The van der Waals surface area contributed by atoms with E-state index in [1.165, 1.54) is 205 Å². The van der Waals surface area contributed by atoms with Gasteiger partial charge in [-0.05, 0) is 12.8 Å². The standard InChI is InChI=1S/C39H80N2O/c1-3-5-7-9-11-13-15-17-19-21-23-25-27-29-31-33-35-37-41(39(40)42)38-36-34-32-30-28-26-24-22-20-18-16-14-12-10-8-6-4-2/h3-38H2,1-2H3,(H2,40,42). The molecule has 0 fully saturated rings. The molecule has 0 atom stereocenters. The van der Waals surface area contributed by atoms with Crippen LogP contribution in [0.25, 0.3) is 0 Å². The molecule has 2 N–H and O–H groups in total. The zero-order chi connectivity index (χ0) is 30.6. The largest absolute Gasteiger partial charge is 0.351 e. The summed E-state index contributed by atoms with van der Waals surface area (Å²) in [5.74, 6) is 0. The van der Waals surface area contributed by atoms with Crippen LogP contribution in [0.5, 0.6) is 0 Å². The second-order valence-corrected chi connectivity index (χ2v) is 13.6. The summed E-state index contributed by atoms with van der Waals surface area (Å²) in [7, 11) is 0. The summed E-state index contributed by atoms with van der Waals surface area (Å²) in [6.45, 7) is 6.30. The predicted molar refractivity (Wildman–Crippen MR) is 189 cm³/mol. The van der Waals surface area contributed by atoms with Crippen molar-refractivity contribution in [1.82, 2.24) is 4.90 Å². The molecule has 0 saturated heterocycles. The number of primary amides is 1. The van der Waals surface area contributed by atoms with Crippen LogP contribution >= 0.6 is 0 Å². The predicted octanol–water partition coefficient (Wildman–Crippen LogP) is 13.7. The fourth-order valence-electron chi connectivity index (χ4n) is 6.39. The van der Waals surface area contributed by atoms with Crippen LogP contribution in [0.2, 0.25) is 0 Å². The lowest BCUT2D eigenvalue weighted by Crippen LogP contribution is -2.37. The molecule has 252 valence electrons. The molecule has 3 heteroatoms. The van der Waals surface area contributed by atoms with Crippen molar-refractivity contribution in [2.45, 2.75) is 232 Å². The van der Waals surface area contributed by atoms with E-state index in [-0.39, 0.29) is 6.03 Å². The zero-order valence-corrected chi connectivity index (χ0v) is 29.4. The highest BCUT2D eigenvalue weighted by Crippen LogP contribution is 2.16. The number of carbonyl (C=O) groups excluding carboxylic acids is 1. The van der Waals surface area contributed by atoms with E-state index < -0.39 is 0 Å². The number of nitrogens with zero attached hydrogens (tertiary/aromatic N) is 1. The first kappa shape index (κ1) is 41.3. The molecule has 0 aromatic carbocycles. The lowest BCUT2D eigenvalue weighted by atomic mass is 10.0. The maximum atomic E-state index is 11.9. The maximum absolute atomic E-state index is 11.9. The van der Waals surface area contributed by atoms with Crippen molar-refractivity contribution in [3.8, 4) is 0 Å². The van der Waals surface area contributed by atoms with Gasteiger partial charge in [0.25, 0.3) is 0 Å². The van der Waals surface area contributed by atoms with Gasteiger partial charge in [0.15, 0.2) is 0 Å².